The number of rotatable bonds is 7. The van der Waals surface area contributed by atoms with Gasteiger partial charge in [0.05, 0.1) is 12.1 Å². The van der Waals surface area contributed by atoms with Crippen LogP contribution in [0, 0.1) is 0 Å². The van der Waals surface area contributed by atoms with Crippen molar-refractivity contribution in [2.45, 2.75) is 13.0 Å². The summed E-state index contributed by atoms with van der Waals surface area (Å²) >= 11 is 0. The molecule has 0 saturated carbocycles. The number of nitrogens with zero attached hydrogens (tertiary/aromatic N) is 4. The Labute approximate surface area is 149 Å². The Morgan fingerprint density at radius 1 is 1.00 bits per heavy atom. The van der Waals surface area contributed by atoms with Gasteiger partial charge in [-0.3, -0.25) is 9.59 Å². The number of carbonyl (C=O) groups is 2. The number of carbonyl (C=O) groups excluding carboxylic acids is 2. The molecule has 0 unspecified atom stereocenters. The molecule has 0 atom stereocenters. The first-order valence-electron chi connectivity index (χ1n) is 7.99. The fourth-order valence-electron chi connectivity index (χ4n) is 2.25. The third-order valence-corrected chi connectivity index (χ3v) is 3.59. The van der Waals surface area contributed by atoms with Crippen molar-refractivity contribution in [1.29, 1.82) is 0 Å². The second kappa shape index (κ2) is 8.52. The van der Waals surface area contributed by atoms with Crippen molar-refractivity contribution in [3.05, 3.63) is 72.1 Å². The normalized spacial score (nSPS) is 10.3. The van der Waals surface area contributed by atoms with Crippen molar-refractivity contribution >= 4 is 11.9 Å². The molecule has 0 aliphatic carbocycles. The Bertz CT molecular complexity index is 848. The predicted octanol–water partition coefficient (Wildman–Crippen LogP) is 1.06. The van der Waals surface area contributed by atoms with Crippen molar-refractivity contribution in [3.63, 3.8) is 0 Å². The summed E-state index contributed by atoms with van der Waals surface area (Å²) in [5.74, 6) is -0.729. The maximum Gasteiger partial charge on any atom is 0.325 e. The van der Waals surface area contributed by atoms with Crippen LogP contribution in [0.4, 0.5) is 0 Å². The van der Waals surface area contributed by atoms with Gasteiger partial charge in [0.25, 0.3) is 0 Å². The van der Waals surface area contributed by atoms with E-state index in [2.05, 4.69) is 20.8 Å². The number of esters is 1. The molecular formula is C18H17N5O3. The van der Waals surface area contributed by atoms with E-state index in [0.29, 0.717) is 0 Å². The summed E-state index contributed by atoms with van der Waals surface area (Å²) in [6.07, 6.45) is 1.66. The molecule has 0 aliphatic rings. The summed E-state index contributed by atoms with van der Waals surface area (Å²) in [7, 11) is 0. The lowest BCUT2D eigenvalue weighted by atomic mass is 10.1. The van der Waals surface area contributed by atoms with Crippen LogP contribution in [0.15, 0.2) is 60.9 Å². The standard InChI is InChI=1S/C18H17N5O3/c24-17(19-11-18(25)26-12-15-4-2-1-3-5-15)10-14-6-8-16(9-7-14)23-13-20-21-22-23/h1-9,13H,10-12H2,(H,19,24). The van der Waals surface area contributed by atoms with Crippen LogP contribution in [0.2, 0.25) is 0 Å². The van der Waals surface area contributed by atoms with E-state index >= 15 is 0 Å². The highest BCUT2D eigenvalue weighted by Gasteiger charge is 2.08. The molecule has 1 amide bonds. The topological polar surface area (TPSA) is 99.0 Å². The molecule has 1 N–H and O–H groups in total. The molecule has 8 heteroatoms. The molecule has 3 rings (SSSR count). The Kier molecular flexibility index (Phi) is 5.66. The van der Waals surface area contributed by atoms with Gasteiger partial charge in [0.2, 0.25) is 5.91 Å². The highest BCUT2D eigenvalue weighted by molar-refractivity contribution is 5.83. The molecule has 0 spiro atoms. The minimum absolute atomic E-state index is 0.158. The SMILES string of the molecule is O=C(Cc1ccc(-n2cnnn2)cc1)NCC(=O)OCc1ccccc1. The van der Waals surface area contributed by atoms with Crippen LogP contribution < -0.4 is 5.32 Å². The van der Waals surface area contributed by atoms with Crippen LogP contribution in [-0.2, 0) is 27.4 Å². The summed E-state index contributed by atoms with van der Waals surface area (Å²) < 4.78 is 6.63. The van der Waals surface area contributed by atoms with Crippen molar-refractivity contribution in [3.8, 4) is 5.69 Å². The monoisotopic (exact) mass is 351 g/mol. The van der Waals surface area contributed by atoms with Gasteiger partial charge in [-0.05, 0) is 33.7 Å². The van der Waals surface area contributed by atoms with E-state index in [4.69, 9.17) is 4.74 Å². The van der Waals surface area contributed by atoms with Crippen LogP contribution >= 0.6 is 0 Å². The molecule has 0 saturated heterocycles. The lowest BCUT2D eigenvalue weighted by Crippen LogP contribution is -2.31. The molecule has 132 valence electrons. The summed E-state index contributed by atoms with van der Waals surface area (Å²) in [5.41, 5.74) is 2.51. The average Bonchev–Trinajstić information content (AvgIpc) is 3.21. The molecule has 0 radical (unpaired) electrons. The van der Waals surface area contributed by atoms with Crippen LogP contribution in [0.25, 0.3) is 5.69 Å². The van der Waals surface area contributed by atoms with Gasteiger partial charge >= 0.3 is 5.97 Å². The fourth-order valence-corrected chi connectivity index (χ4v) is 2.25. The third-order valence-electron chi connectivity index (χ3n) is 3.59. The lowest BCUT2D eigenvalue weighted by molar-refractivity contribution is -0.145. The number of tetrazole rings is 1. The molecule has 26 heavy (non-hydrogen) atoms. The van der Waals surface area contributed by atoms with E-state index in [9.17, 15) is 9.59 Å². The second-order valence-electron chi connectivity index (χ2n) is 5.52. The Morgan fingerprint density at radius 2 is 1.77 bits per heavy atom. The van der Waals surface area contributed by atoms with Crippen molar-refractivity contribution in [2.75, 3.05) is 6.54 Å². The molecule has 0 fully saturated rings. The van der Waals surface area contributed by atoms with Gasteiger partial charge < -0.3 is 10.1 Å². The summed E-state index contributed by atoms with van der Waals surface area (Å²) in [5, 5.41) is 13.5. The van der Waals surface area contributed by atoms with E-state index in [0.717, 1.165) is 16.8 Å². The smallest absolute Gasteiger partial charge is 0.325 e. The summed E-state index contributed by atoms with van der Waals surface area (Å²) in [6, 6.07) is 16.6. The van der Waals surface area contributed by atoms with Crippen molar-refractivity contribution in [2.24, 2.45) is 0 Å². The van der Waals surface area contributed by atoms with Crippen molar-refractivity contribution in [1.82, 2.24) is 25.5 Å². The number of hydrogen-bond donors (Lipinski definition) is 1. The van der Waals surface area contributed by atoms with Gasteiger partial charge in [-0.25, -0.2) is 4.68 Å². The number of ether oxygens (including phenoxy) is 1. The molecule has 1 aromatic heterocycles. The number of aromatic nitrogens is 4. The first kappa shape index (κ1) is 17.3. The van der Waals surface area contributed by atoms with E-state index in [-0.39, 0.29) is 25.5 Å². The zero-order valence-corrected chi connectivity index (χ0v) is 13.9. The minimum atomic E-state index is -0.476. The zero-order valence-electron chi connectivity index (χ0n) is 13.9. The fraction of sp³-hybridized carbons (Fsp3) is 0.167. The maximum absolute atomic E-state index is 11.9. The van der Waals surface area contributed by atoms with Gasteiger partial charge in [-0.2, -0.15) is 0 Å². The van der Waals surface area contributed by atoms with Gasteiger partial charge in [0.15, 0.2) is 0 Å². The second-order valence-corrected chi connectivity index (χ2v) is 5.52. The molecule has 0 aliphatic heterocycles. The molecule has 2 aromatic carbocycles. The maximum atomic E-state index is 11.9. The summed E-state index contributed by atoms with van der Waals surface area (Å²) in [6.45, 7) is 0.0303. The number of hydrogen-bond acceptors (Lipinski definition) is 6. The predicted molar refractivity (Wildman–Crippen MR) is 92.1 cm³/mol. The molecule has 1 heterocycles. The van der Waals surface area contributed by atoms with E-state index in [1.807, 2.05) is 54.6 Å². The van der Waals surface area contributed by atoms with Gasteiger partial charge in [0.1, 0.15) is 19.5 Å². The van der Waals surface area contributed by atoms with Crippen molar-refractivity contribution < 1.29 is 14.3 Å². The number of nitrogens with one attached hydrogen (secondary N) is 1. The van der Waals surface area contributed by atoms with E-state index in [1.54, 1.807) is 0 Å². The van der Waals surface area contributed by atoms with E-state index in [1.165, 1.54) is 11.0 Å². The van der Waals surface area contributed by atoms with Crippen LogP contribution in [0.5, 0.6) is 0 Å². The van der Waals surface area contributed by atoms with Crippen LogP contribution in [-0.4, -0.2) is 38.6 Å². The lowest BCUT2D eigenvalue weighted by Gasteiger charge is -2.07. The largest absolute Gasteiger partial charge is 0.460 e. The van der Waals surface area contributed by atoms with Gasteiger partial charge in [-0.1, -0.05) is 42.5 Å². The Morgan fingerprint density at radius 3 is 2.46 bits per heavy atom. The zero-order chi connectivity index (χ0) is 18.2. The van der Waals surface area contributed by atoms with Gasteiger partial charge in [0, 0.05) is 0 Å². The molecule has 0 bridgehead atoms. The van der Waals surface area contributed by atoms with E-state index < -0.39 is 5.97 Å². The minimum Gasteiger partial charge on any atom is -0.460 e. The Hall–Kier alpha value is -3.55. The molecule has 3 aromatic rings. The molecular weight excluding hydrogens is 334 g/mol. The first-order chi connectivity index (χ1) is 12.7. The van der Waals surface area contributed by atoms with Crippen LogP contribution in [0.3, 0.4) is 0 Å². The third kappa shape index (κ3) is 4.97. The highest BCUT2D eigenvalue weighted by atomic mass is 16.5. The molecule has 8 nitrogen and oxygen atoms in total. The quantitative estimate of drug-likeness (QED) is 0.639. The van der Waals surface area contributed by atoms with Gasteiger partial charge in [-0.15, -0.1) is 5.10 Å². The first-order valence-corrected chi connectivity index (χ1v) is 7.99. The number of amides is 1. The Balaban J connectivity index is 1.41. The number of benzene rings is 2. The average molecular weight is 351 g/mol. The highest BCUT2D eigenvalue weighted by Crippen LogP contribution is 2.08. The summed E-state index contributed by atoms with van der Waals surface area (Å²) in [4.78, 5) is 23.6. The van der Waals surface area contributed by atoms with Crippen LogP contribution in [0.1, 0.15) is 11.1 Å².